The average molecular weight is 204 g/mol. The lowest BCUT2D eigenvalue weighted by Gasteiger charge is -2.19. The lowest BCUT2D eigenvalue weighted by atomic mass is 10.2. The Balaban J connectivity index is 4.09. The van der Waals surface area contributed by atoms with Crippen LogP contribution in [0.25, 0.3) is 0 Å². The van der Waals surface area contributed by atoms with Gasteiger partial charge in [0, 0.05) is 12.8 Å². The van der Waals surface area contributed by atoms with Crippen molar-refractivity contribution < 1.29 is 23.8 Å². The van der Waals surface area contributed by atoms with E-state index < -0.39 is 18.4 Å². The summed E-state index contributed by atoms with van der Waals surface area (Å²) in [5.74, 6) is -0.601. The molecule has 0 spiro atoms. The second kappa shape index (κ2) is 6.23. The van der Waals surface area contributed by atoms with Crippen molar-refractivity contribution in [1.82, 2.24) is 0 Å². The third-order valence-electron chi connectivity index (χ3n) is 1.30. The minimum Gasteiger partial charge on any atom is -0.435 e. The van der Waals surface area contributed by atoms with E-state index in [9.17, 15) is 9.59 Å². The Morgan fingerprint density at radius 3 is 2.14 bits per heavy atom. The first-order valence-corrected chi connectivity index (χ1v) is 4.48. The summed E-state index contributed by atoms with van der Waals surface area (Å²) in [4.78, 5) is 21.5. The van der Waals surface area contributed by atoms with Gasteiger partial charge in [0.2, 0.25) is 0 Å². The molecule has 0 N–H and O–H groups in total. The van der Waals surface area contributed by atoms with E-state index in [1.54, 1.807) is 20.8 Å². The Hall–Kier alpha value is -1.26. The molecule has 0 aliphatic carbocycles. The topological polar surface area (TPSA) is 61.8 Å². The molecule has 0 radical (unpaired) electrons. The van der Waals surface area contributed by atoms with Gasteiger partial charge in [-0.1, -0.05) is 13.8 Å². The van der Waals surface area contributed by atoms with Crippen molar-refractivity contribution in [2.24, 2.45) is 5.92 Å². The highest BCUT2D eigenvalue weighted by Gasteiger charge is 2.21. The first-order valence-electron chi connectivity index (χ1n) is 4.48. The van der Waals surface area contributed by atoms with Crippen LogP contribution in [0, 0.1) is 5.92 Å². The number of esters is 1. The third-order valence-corrected chi connectivity index (χ3v) is 1.30. The van der Waals surface area contributed by atoms with Crippen LogP contribution in [-0.4, -0.2) is 25.0 Å². The second-order valence-corrected chi connectivity index (χ2v) is 3.02. The SMILES string of the molecule is CCOC(=O)OC(OC(C)=O)C(C)C. The summed E-state index contributed by atoms with van der Waals surface area (Å²) in [5.41, 5.74) is 0. The Kier molecular flexibility index (Phi) is 5.67. The van der Waals surface area contributed by atoms with Gasteiger partial charge in [-0.15, -0.1) is 0 Å². The van der Waals surface area contributed by atoms with Gasteiger partial charge in [0.05, 0.1) is 6.61 Å². The molecule has 82 valence electrons. The zero-order valence-corrected chi connectivity index (χ0v) is 8.90. The standard InChI is InChI=1S/C9H16O5/c1-5-12-9(11)14-8(6(2)3)13-7(4)10/h6,8H,5H2,1-4H3. The molecular formula is C9H16O5. The zero-order chi connectivity index (χ0) is 11.1. The van der Waals surface area contributed by atoms with Crippen LogP contribution in [-0.2, 0) is 19.0 Å². The molecule has 1 unspecified atom stereocenters. The van der Waals surface area contributed by atoms with E-state index in [2.05, 4.69) is 4.74 Å². The summed E-state index contributed by atoms with van der Waals surface area (Å²) in [6.07, 6.45) is -1.71. The molecule has 0 fully saturated rings. The number of hydrogen-bond donors (Lipinski definition) is 0. The van der Waals surface area contributed by atoms with Crippen molar-refractivity contribution in [2.45, 2.75) is 34.0 Å². The lowest BCUT2D eigenvalue weighted by molar-refractivity contribution is -0.176. The van der Waals surface area contributed by atoms with Crippen LogP contribution in [0.5, 0.6) is 0 Å². The van der Waals surface area contributed by atoms with Crippen molar-refractivity contribution in [1.29, 1.82) is 0 Å². The Morgan fingerprint density at radius 2 is 1.79 bits per heavy atom. The summed E-state index contributed by atoms with van der Waals surface area (Å²) in [7, 11) is 0. The summed E-state index contributed by atoms with van der Waals surface area (Å²) < 4.78 is 14.1. The molecule has 0 aliphatic rings. The van der Waals surface area contributed by atoms with Crippen molar-refractivity contribution in [3.8, 4) is 0 Å². The Bertz CT molecular complexity index is 199. The van der Waals surface area contributed by atoms with Gasteiger partial charge in [0.15, 0.2) is 0 Å². The van der Waals surface area contributed by atoms with Gasteiger partial charge in [-0.2, -0.15) is 0 Å². The van der Waals surface area contributed by atoms with Crippen LogP contribution in [0.15, 0.2) is 0 Å². The van der Waals surface area contributed by atoms with Crippen LogP contribution >= 0.6 is 0 Å². The first kappa shape index (κ1) is 12.7. The predicted octanol–water partition coefficient (Wildman–Crippen LogP) is 1.70. The molecule has 0 aromatic heterocycles. The maximum atomic E-state index is 10.9. The highest BCUT2D eigenvalue weighted by atomic mass is 16.8. The van der Waals surface area contributed by atoms with Crippen LogP contribution in [0.2, 0.25) is 0 Å². The van der Waals surface area contributed by atoms with Gasteiger partial charge in [-0.25, -0.2) is 4.79 Å². The highest BCUT2D eigenvalue weighted by molar-refractivity contribution is 5.66. The third kappa shape index (κ3) is 5.40. The maximum absolute atomic E-state index is 10.9. The molecule has 0 amide bonds. The van der Waals surface area contributed by atoms with E-state index in [0.717, 1.165) is 0 Å². The molecule has 0 rings (SSSR count). The quantitative estimate of drug-likeness (QED) is 0.515. The van der Waals surface area contributed by atoms with E-state index >= 15 is 0 Å². The fourth-order valence-electron chi connectivity index (χ4n) is 0.707. The van der Waals surface area contributed by atoms with Gasteiger partial charge in [0.1, 0.15) is 0 Å². The predicted molar refractivity (Wildman–Crippen MR) is 48.5 cm³/mol. The number of ether oxygens (including phenoxy) is 3. The van der Waals surface area contributed by atoms with Gasteiger partial charge in [-0.3, -0.25) is 4.79 Å². The van der Waals surface area contributed by atoms with Crippen molar-refractivity contribution >= 4 is 12.1 Å². The molecule has 0 bridgehead atoms. The summed E-state index contributed by atoms with van der Waals surface area (Å²) in [6, 6.07) is 0. The van der Waals surface area contributed by atoms with Crippen molar-refractivity contribution in [2.75, 3.05) is 6.61 Å². The number of carbonyl (C=O) groups is 2. The fourth-order valence-corrected chi connectivity index (χ4v) is 0.707. The van der Waals surface area contributed by atoms with Crippen molar-refractivity contribution in [3.05, 3.63) is 0 Å². The van der Waals surface area contributed by atoms with Gasteiger partial charge in [0.25, 0.3) is 6.29 Å². The zero-order valence-electron chi connectivity index (χ0n) is 8.90. The minimum absolute atomic E-state index is 0.108. The maximum Gasteiger partial charge on any atom is 0.511 e. The van der Waals surface area contributed by atoms with E-state index in [1.807, 2.05) is 0 Å². The van der Waals surface area contributed by atoms with Crippen LogP contribution in [0.3, 0.4) is 0 Å². The smallest absolute Gasteiger partial charge is 0.435 e. The molecule has 5 nitrogen and oxygen atoms in total. The summed E-state index contributed by atoms with van der Waals surface area (Å²) >= 11 is 0. The fraction of sp³-hybridized carbons (Fsp3) is 0.778. The van der Waals surface area contributed by atoms with Gasteiger partial charge >= 0.3 is 12.1 Å². The monoisotopic (exact) mass is 204 g/mol. The molecule has 0 aliphatic heterocycles. The Labute approximate surface area is 83.3 Å². The highest BCUT2D eigenvalue weighted by Crippen LogP contribution is 2.09. The molecular weight excluding hydrogens is 188 g/mol. The minimum atomic E-state index is -0.883. The molecule has 0 saturated carbocycles. The number of rotatable bonds is 4. The van der Waals surface area contributed by atoms with Gasteiger partial charge in [-0.05, 0) is 6.92 Å². The van der Waals surface area contributed by atoms with Crippen LogP contribution in [0.4, 0.5) is 4.79 Å². The number of hydrogen-bond acceptors (Lipinski definition) is 5. The van der Waals surface area contributed by atoms with E-state index in [-0.39, 0.29) is 12.5 Å². The summed E-state index contributed by atoms with van der Waals surface area (Å²) in [6.45, 7) is 6.69. The molecule has 0 aromatic rings. The molecule has 1 atom stereocenters. The lowest BCUT2D eigenvalue weighted by Crippen LogP contribution is -2.28. The van der Waals surface area contributed by atoms with E-state index in [4.69, 9.17) is 9.47 Å². The summed E-state index contributed by atoms with van der Waals surface area (Å²) in [5, 5.41) is 0. The van der Waals surface area contributed by atoms with Crippen molar-refractivity contribution in [3.63, 3.8) is 0 Å². The van der Waals surface area contributed by atoms with Crippen LogP contribution < -0.4 is 0 Å². The molecule has 5 heteroatoms. The molecule has 14 heavy (non-hydrogen) atoms. The second-order valence-electron chi connectivity index (χ2n) is 3.02. The number of carbonyl (C=O) groups excluding carboxylic acids is 2. The normalized spacial score (nSPS) is 12.1. The van der Waals surface area contributed by atoms with Crippen LogP contribution in [0.1, 0.15) is 27.7 Å². The molecule has 0 saturated heterocycles. The average Bonchev–Trinajstić information content (AvgIpc) is 2.02. The van der Waals surface area contributed by atoms with Gasteiger partial charge < -0.3 is 14.2 Å². The molecule has 0 aromatic carbocycles. The first-order chi connectivity index (χ1) is 6.47. The van der Waals surface area contributed by atoms with E-state index in [0.29, 0.717) is 0 Å². The van der Waals surface area contributed by atoms with E-state index in [1.165, 1.54) is 6.92 Å². The Morgan fingerprint density at radius 1 is 1.21 bits per heavy atom. The molecule has 0 heterocycles. The largest absolute Gasteiger partial charge is 0.511 e.